The van der Waals surface area contributed by atoms with E-state index in [1.165, 1.54) is 5.56 Å². The zero-order valence-electron chi connectivity index (χ0n) is 11.7. The summed E-state index contributed by atoms with van der Waals surface area (Å²) in [5.74, 6) is -0.838. The first-order valence-corrected chi connectivity index (χ1v) is 6.70. The molecule has 110 valence electrons. The van der Waals surface area contributed by atoms with Crippen molar-refractivity contribution >= 4 is 28.5 Å². The van der Waals surface area contributed by atoms with Crippen LogP contribution in [0.4, 0.5) is 5.82 Å². The van der Waals surface area contributed by atoms with Crippen molar-refractivity contribution in [1.82, 2.24) is 10.3 Å². The minimum Gasteiger partial charge on any atom is -0.480 e. The van der Waals surface area contributed by atoms with E-state index in [1.54, 1.807) is 6.20 Å². The standard InChI is InChI=1S/C15H17N3O3/c1-2-10-3-4-11-5-6-16-15(12(11)7-10)18-8-13(19)17-9-14(20)21/h3-7H,2,8-9H2,1H3,(H,16,18)(H,17,19)(H,20,21). The van der Waals surface area contributed by atoms with E-state index in [4.69, 9.17) is 5.11 Å². The van der Waals surface area contributed by atoms with Crippen LogP contribution in [0.5, 0.6) is 0 Å². The van der Waals surface area contributed by atoms with Gasteiger partial charge in [0.1, 0.15) is 12.4 Å². The van der Waals surface area contributed by atoms with Crippen molar-refractivity contribution in [2.45, 2.75) is 13.3 Å². The highest BCUT2D eigenvalue weighted by molar-refractivity contribution is 5.93. The highest BCUT2D eigenvalue weighted by Gasteiger charge is 2.07. The summed E-state index contributed by atoms with van der Waals surface area (Å²) in [6.45, 7) is 1.67. The monoisotopic (exact) mass is 287 g/mol. The first kappa shape index (κ1) is 14.8. The van der Waals surface area contributed by atoms with Gasteiger partial charge in [0, 0.05) is 11.6 Å². The summed E-state index contributed by atoms with van der Waals surface area (Å²) in [4.78, 5) is 26.1. The second-order valence-corrected chi connectivity index (χ2v) is 4.59. The highest BCUT2D eigenvalue weighted by atomic mass is 16.4. The Labute approximate surface area is 122 Å². The van der Waals surface area contributed by atoms with E-state index in [9.17, 15) is 9.59 Å². The fourth-order valence-corrected chi connectivity index (χ4v) is 1.98. The molecule has 0 aliphatic rings. The highest BCUT2D eigenvalue weighted by Crippen LogP contribution is 2.22. The number of anilines is 1. The Bertz CT molecular complexity index is 670. The van der Waals surface area contributed by atoms with E-state index in [2.05, 4.69) is 28.6 Å². The fraction of sp³-hybridized carbons (Fsp3) is 0.267. The number of rotatable bonds is 6. The minimum atomic E-state index is -1.07. The van der Waals surface area contributed by atoms with Crippen molar-refractivity contribution in [2.24, 2.45) is 0 Å². The van der Waals surface area contributed by atoms with Gasteiger partial charge in [0.15, 0.2) is 0 Å². The smallest absolute Gasteiger partial charge is 0.322 e. The van der Waals surface area contributed by atoms with Gasteiger partial charge in [0.25, 0.3) is 0 Å². The van der Waals surface area contributed by atoms with Crippen LogP contribution in [0.2, 0.25) is 0 Å². The Morgan fingerprint density at radius 3 is 2.76 bits per heavy atom. The number of hydrogen-bond acceptors (Lipinski definition) is 4. The predicted molar refractivity (Wildman–Crippen MR) is 80.3 cm³/mol. The van der Waals surface area contributed by atoms with Crippen LogP contribution in [0.15, 0.2) is 30.5 Å². The van der Waals surface area contributed by atoms with Crippen LogP contribution in [0.25, 0.3) is 10.8 Å². The van der Waals surface area contributed by atoms with Crippen LogP contribution in [0, 0.1) is 0 Å². The van der Waals surface area contributed by atoms with E-state index < -0.39 is 5.97 Å². The first-order valence-electron chi connectivity index (χ1n) is 6.70. The lowest BCUT2D eigenvalue weighted by atomic mass is 10.1. The van der Waals surface area contributed by atoms with Crippen LogP contribution in [0.1, 0.15) is 12.5 Å². The van der Waals surface area contributed by atoms with Gasteiger partial charge in [0.2, 0.25) is 5.91 Å². The second-order valence-electron chi connectivity index (χ2n) is 4.59. The van der Waals surface area contributed by atoms with Gasteiger partial charge in [-0.2, -0.15) is 0 Å². The third kappa shape index (κ3) is 3.92. The molecule has 6 heteroatoms. The molecule has 0 atom stereocenters. The lowest BCUT2D eigenvalue weighted by Crippen LogP contribution is -2.34. The van der Waals surface area contributed by atoms with Crippen LogP contribution < -0.4 is 10.6 Å². The number of benzene rings is 1. The van der Waals surface area contributed by atoms with Crippen molar-refractivity contribution in [3.8, 4) is 0 Å². The summed E-state index contributed by atoms with van der Waals surface area (Å²) in [7, 11) is 0. The number of pyridine rings is 1. The number of carbonyl (C=O) groups is 2. The lowest BCUT2D eigenvalue weighted by molar-refractivity contribution is -0.137. The molecule has 0 radical (unpaired) electrons. The zero-order chi connectivity index (χ0) is 15.2. The van der Waals surface area contributed by atoms with Crippen molar-refractivity contribution < 1.29 is 14.7 Å². The van der Waals surface area contributed by atoms with Gasteiger partial charge >= 0.3 is 5.97 Å². The van der Waals surface area contributed by atoms with E-state index in [0.717, 1.165) is 17.2 Å². The van der Waals surface area contributed by atoms with Gasteiger partial charge in [-0.3, -0.25) is 9.59 Å². The average Bonchev–Trinajstić information content (AvgIpc) is 2.50. The largest absolute Gasteiger partial charge is 0.480 e. The summed E-state index contributed by atoms with van der Waals surface area (Å²) in [5.41, 5.74) is 1.19. The molecule has 0 aliphatic carbocycles. The van der Waals surface area contributed by atoms with E-state index in [-0.39, 0.29) is 19.0 Å². The van der Waals surface area contributed by atoms with E-state index in [0.29, 0.717) is 5.82 Å². The number of aliphatic carboxylic acids is 1. The molecule has 1 aromatic carbocycles. The number of aromatic nitrogens is 1. The Hall–Kier alpha value is -2.63. The Morgan fingerprint density at radius 2 is 2.05 bits per heavy atom. The number of nitrogens with one attached hydrogen (secondary N) is 2. The molecule has 21 heavy (non-hydrogen) atoms. The molecule has 0 saturated carbocycles. The number of aryl methyl sites for hydroxylation is 1. The zero-order valence-corrected chi connectivity index (χ0v) is 11.7. The van der Waals surface area contributed by atoms with Crippen molar-refractivity contribution in [1.29, 1.82) is 0 Å². The van der Waals surface area contributed by atoms with E-state index in [1.807, 2.05) is 18.2 Å². The first-order chi connectivity index (χ1) is 10.1. The molecule has 0 fully saturated rings. The number of nitrogens with zero attached hydrogens (tertiary/aromatic N) is 1. The SMILES string of the molecule is CCc1ccc2ccnc(NCC(=O)NCC(=O)O)c2c1. The van der Waals surface area contributed by atoms with Gasteiger partial charge in [0.05, 0.1) is 6.54 Å². The number of fused-ring (bicyclic) bond motifs is 1. The average molecular weight is 287 g/mol. The van der Waals surface area contributed by atoms with Gasteiger partial charge in [-0.25, -0.2) is 4.98 Å². The number of carbonyl (C=O) groups excluding carboxylic acids is 1. The molecule has 6 nitrogen and oxygen atoms in total. The van der Waals surface area contributed by atoms with Crippen LogP contribution in [-0.4, -0.2) is 35.1 Å². The van der Waals surface area contributed by atoms with E-state index >= 15 is 0 Å². The Morgan fingerprint density at radius 1 is 1.24 bits per heavy atom. The molecule has 0 unspecified atom stereocenters. The van der Waals surface area contributed by atoms with Gasteiger partial charge in [-0.1, -0.05) is 19.1 Å². The third-order valence-corrected chi connectivity index (χ3v) is 3.09. The normalized spacial score (nSPS) is 10.3. The minimum absolute atomic E-state index is 0.0181. The number of carboxylic acid groups (broad SMARTS) is 1. The predicted octanol–water partition coefficient (Wildman–Crippen LogP) is 1.41. The third-order valence-electron chi connectivity index (χ3n) is 3.09. The summed E-state index contributed by atoms with van der Waals surface area (Å²) in [5, 5.41) is 15.7. The topological polar surface area (TPSA) is 91.3 Å². The lowest BCUT2D eigenvalue weighted by Gasteiger charge is -2.09. The number of carboxylic acids is 1. The molecule has 3 N–H and O–H groups in total. The fourth-order valence-electron chi connectivity index (χ4n) is 1.98. The molecular weight excluding hydrogens is 270 g/mol. The quantitative estimate of drug-likeness (QED) is 0.747. The van der Waals surface area contributed by atoms with Gasteiger partial charge < -0.3 is 15.7 Å². The van der Waals surface area contributed by atoms with Gasteiger partial charge in [-0.15, -0.1) is 0 Å². The van der Waals surface area contributed by atoms with Crippen LogP contribution in [0.3, 0.4) is 0 Å². The molecule has 1 heterocycles. The van der Waals surface area contributed by atoms with Gasteiger partial charge in [-0.05, 0) is 29.5 Å². The van der Waals surface area contributed by atoms with Crippen LogP contribution >= 0.6 is 0 Å². The Kier molecular flexibility index (Phi) is 4.71. The summed E-state index contributed by atoms with van der Waals surface area (Å²) < 4.78 is 0. The summed E-state index contributed by atoms with van der Waals surface area (Å²) >= 11 is 0. The molecule has 0 saturated heterocycles. The molecule has 0 spiro atoms. The maximum absolute atomic E-state index is 11.5. The molecular formula is C15H17N3O3. The molecule has 0 bridgehead atoms. The Balaban J connectivity index is 2.11. The molecule has 2 aromatic rings. The number of hydrogen-bond donors (Lipinski definition) is 3. The van der Waals surface area contributed by atoms with Crippen molar-refractivity contribution in [3.05, 3.63) is 36.0 Å². The maximum Gasteiger partial charge on any atom is 0.322 e. The molecule has 0 aliphatic heterocycles. The molecule has 2 rings (SSSR count). The maximum atomic E-state index is 11.5. The summed E-state index contributed by atoms with van der Waals surface area (Å²) in [6, 6.07) is 8.03. The number of amides is 1. The van der Waals surface area contributed by atoms with Crippen molar-refractivity contribution in [2.75, 3.05) is 18.4 Å². The van der Waals surface area contributed by atoms with Crippen molar-refractivity contribution in [3.63, 3.8) is 0 Å². The van der Waals surface area contributed by atoms with Crippen LogP contribution in [-0.2, 0) is 16.0 Å². The molecule has 1 amide bonds. The second kappa shape index (κ2) is 6.69. The molecule has 1 aromatic heterocycles. The summed E-state index contributed by atoms with van der Waals surface area (Å²) in [6.07, 6.45) is 2.59.